The van der Waals surface area contributed by atoms with E-state index in [1.807, 2.05) is 12.1 Å². The minimum absolute atomic E-state index is 0.122. The molecule has 0 aliphatic carbocycles. The van der Waals surface area contributed by atoms with E-state index in [1.165, 1.54) is 21.3 Å². The zero-order valence-electron chi connectivity index (χ0n) is 18.3. The van der Waals surface area contributed by atoms with E-state index < -0.39 is 0 Å². The van der Waals surface area contributed by atoms with Crippen LogP contribution < -0.4 is 33.7 Å². The zero-order valence-corrected chi connectivity index (χ0v) is 18.3. The molecule has 0 fully saturated rings. The lowest BCUT2D eigenvalue weighted by Gasteiger charge is -2.16. The maximum Gasteiger partial charge on any atom is 0.224 e. The number of methoxy groups -OCH3 is 6. The number of rotatable bonds is 11. The third-order valence-electron chi connectivity index (χ3n) is 4.59. The molecular formula is C22H29NO7. The van der Waals surface area contributed by atoms with Crippen LogP contribution in [-0.2, 0) is 17.6 Å². The van der Waals surface area contributed by atoms with Gasteiger partial charge in [0, 0.05) is 12.1 Å². The first-order valence-electron chi connectivity index (χ1n) is 9.36. The van der Waals surface area contributed by atoms with Gasteiger partial charge in [0.15, 0.2) is 23.0 Å². The molecule has 1 N–H and O–H groups in total. The maximum atomic E-state index is 12.4. The van der Waals surface area contributed by atoms with Crippen molar-refractivity contribution in [2.75, 3.05) is 49.2 Å². The van der Waals surface area contributed by atoms with Crippen molar-refractivity contribution < 1.29 is 33.2 Å². The topological polar surface area (TPSA) is 84.5 Å². The van der Waals surface area contributed by atoms with E-state index in [2.05, 4.69) is 5.32 Å². The smallest absolute Gasteiger partial charge is 0.224 e. The normalized spacial score (nSPS) is 10.2. The van der Waals surface area contributed by atoms with E-state index in [4.69, 9.17) is 28.4 Å². The first-order valence-corrected chi connectivity index (χ1v) is 9.36. The molecule has 0 aliphatic heterocycles. The third kappa shape index (κ3) is 5.20. The Morgan fingerprint density at radius 3 is 1.80 bits per heavy atom. The third-order valence-corrected chi connectivity index (χ3v) is 4.59. The number of benzene rings is 2. The van der Waals surface area contributed by atoms with E-state index in [1.54, 1.807) is 33.5 Å². The number of ether oxygens (including phenoxy) is 6. The molecule has 0 aromatic heterocycles. The Balaban J connectivity index is 2.04. The Morgan fingerprint density at radius 2 is 1.30 bits per heavy atom. The van der Waals surface area contributed by atoms with Crippen LogP contribution in [0.4, 0.5) is 0 Å². The first-order chi connectivity index (χ1) is 14.5. The molecule has 164 valence electrons. The summed E-state index contributed by atoms with van der Waals surface area (Å²) < 4.78 is 32.1. The SMILES string of the molecule is COc1cc(CC(=O)NCCc2ccc(OC)c(OC)c2OC)cc(OC)c1OC. The molecule has 2 aromatic rings. The molecule has 2 aromatic carbocycles. The second-order valence-corrected chi connectivity index (χ2v) is 6.30. The van der Waals surface area contributed by atoms with E-state index in [0.29, 0.717) is 47.5 Å². The Kier molecular flexibility index (Phi) is 8.46. The molecule has 8 heteroatoms. The fourth-order valence-electron chi connectivity index (χ4n) is 3.18. The summed E-state index contributed by atoms with van der Waals surface area (Å²) in [7, 11) is 9.32. The minimum atomic E-state index is -0.122. The van der Waals surface area contributed by atoms with Gasteiger partial charge in [-0.15, -0.1) is 0 Å². The summed E-state index contributed by atoms with van der Waals surface area (Å²) in [6.45, 7) is 0.440. The van der Waals surface area contributed by atoms with Gasteiger partial charge in [-0.25, -0.2) is 0 Å². The number of amides is 1. The van der Waals surface area contributed by atoms with Crippen LogP contribution in [-0.4, -0.2) is 55.1 Å². The van der Waals surface area contributed by atoms with Crippen molar-refractivity contribution in [2.24, 2.45) is 0 Å². The van der Waals surface area contributed by atoms with E-state index >= 15 is 0 Å². The van der Waals surface area contributed by atoms with Crippen molar-refractivity contribution in [3.8, 4) is 34.5 Å². The van der Waals surface area contributed by atoms with Crippen LogP contribution in [0.1, 0.15) is 11.1 Å². The van der Waals surface area contributed by atoms with E-state index in [9.17, 15) is 4.79 Å². The second-order valence-electron chi connectivity index (χ2n) is 6.30. The predicted molar refractivity (Wildman–Crippen MR) is 113 cm³/mol. The summed E-state index contributed by atoms with van der Waals surface area (Å²) in [6, 6.07) is 7.23. The van der Waals surface area contributed by atoms with Crippen LogP contribution in [0.25, 0.3) is 0 Å². The summed E-state index contributed by atoms with van der Waals surface area (Å²) >= 11 is 0. The van der Waals surface area contributed by atoms with Crippen molar-refractivity contribution in [3.05, 3.63) is 35.4 Å². The van der Waals surface area contributed by atoms with Crippen LogP contribution in [0.2, 0.25) is 0 Å². The first kappa shape index (κ1) is 23.0. The van der Waals surface area contributed by atoms with Gasteiger partial charge in [0.2, 0.25) is 17.4 Å². The van der Waals surface area contributed by atoms with Crippen molar-refractivity contribution in [1.29, 1.82) is 0 Å². The quantitative estimate of drug-likeness (QED) is 0.599. The number of hydrogen-bond donors (Lipinski definition) is 1. The fourth-order valence-corrected chi connectivity index (χ4v) is 3.18. The molecule has 1 amide bonds. The lowest BCUT2D eigenvalue weighted by molar-refractivity contribution is -0.120. The molecule has 0 spiro atoms. The number of hydrogen-bond acceptors (Lipinski definition) is 7. The largest absolute Gasteiger partial charge is 0.493 e. The molecule has 0 radical (unpaired) electrons. The average molecular weight is 419 g/mol. The van der Waals surface area contributed by atoms with Crippen LogP contribution in [0, 0.1) is 0 Å². The Hall–Kier alpha value is -3.29. The van der Waals surface area contributed by atoms with Crippen molar-refractivity contribution in [3.63, 3.8) is 0 Å². The van der Waals surface area contributed by atoms with Crippen LogP contribution in [0.15, 0.2) is 24.3 Å². The molecular weight excluding hydrogens is 390 g/mol. The second kappa shape index (κ2) is 11.0. The highest BCUT2D eigenvalue weighted by Crippen LogP contribution is 2.40. The van der Waals surface area contributed by atoms with Crippen LogP contribution in [0.5, 0.6) is 34.5 Å². The zero-order chi connectivity index (χ0) is 22.1. The van der Waals surface area contributed by atoms with Gasteiger partial charge in [-0.1, -0.05) is 6.07 Å². The van der Waals surface area contributed by atoms with E-state index in [0.717, 1.165) is 11.1 Å². The van der Waals surface area contributed by atoms with Gasteiger partial charge in [-0.05, 0) is 30.2 Å². The number of carbonyl (C=O) groups excluding carboxylic acids is 1. The Bertz CT molecular complexity index is 842. The lowest BCUT2D eigenvalue weighted by Crippen LogP contribution is -2.27. The molecule has 0 unspecified atom stereocenters. The van der Waals surface area contributed by atoms with Gasteiger partial charge in [-0.3, -0.25) is 4.79 Å². The van der Waals surface area contributed by atoms with Gasteiger partial charge < -0.3 is 33.7 Å². The van der Waals surface area contributed by atoms with Gasteiger partial charge in [0.25, 0.3) is 0 Å². The number of carbonyl (C=O) groups is 1. The van der Waals surface area contributed by atoms with Crippen molar-refractivity contribution >= 4 is 5.91 Å². The van der Waals surface area contributed by atoms with Crippen LogP contribution in [0.3, 0.4) is 0 Å². The highest BCUT2D eigenvalue weighted by atomic mass is 16.5. The fraction of sp³-hybridized carbons (Fsp3) is 0.409. The highest BCUT2D eigenvalue weighted by Gasteiger charge is 2.17. The summed E-state index contributed by atoms with van der Waals surface area (Å²) in [5.74, 6) is 3.10. The van der Waals surface area contributed by atoms with Gasteiger partial charge in [0.1, 0.15) is 0 Å². The van der Waals surface area contributed by atoms with Gasteiger partial charge in [-0.2, -0.15) is 0 Å². The molecule has 0 saturated carbocycles. The molecule has 30 heavy (non-hydrogen) atoms. The van der Waals surface area contributed by atoms with Gasteiger partial charge >= 0.3 is 0 Å². The Morgan fingerprint density at radius 1 is 0.733 bits per heavy atom. The summed E-state index contributed by atoms with van der Waals surface area (Å²) in [4.78, 5) is 12.4. The molecule has 0 heterocycles. The average Bonchev–Trinajstić information content (AvgIpc) is 2.77. The number of nitrogens with one attached hydrogen (secondary N) is 1. The highest BCUT2D eigenvalue weighted by molar-refractivity contribution is 5.79. The van der Waals surface area contributed by atoms with Crippen molar-refractivity contribution in [1.82, 2.24) is 5.32 Å². The van der Waals surface area contributed by atoms with E-state index in [-0.39, 0.29) is 12.3 Å². The van der Waals surface area contributed by atoms with Crippen molar-refractivity contribution in [2.45, 2.75) is 12.8 Å². The Labute approximate surface area is 177 Å². The lowest BCUT2D eigenvalue weighted by atomic mass is 10.1. The molecule has 0 bridgehead atoms. The summed E-state index contributed by atoms with van der Waals surface area (Å²) in [5.41, 5.74) is 1.66. The standard InChI is InChI=1S/C22H29NO7/c1-25-16-8-7-15(20(28-4)22(16)30-6)9-10-23-19(24)13-14-11-17(26-2)21(29-5)18(12-14)27-3/h7-8,11-12H,9-10,13H2,1-6H3,(H,23,24). The molecule has 0 saturated heterocycles. The van der Waals surface area contributed by atoms with Gasteiger partial charge in [0.05, 0.1) is 49.1 Å². The monoisotopic (exact) mass is 419 g/mol. The minimum Gasteiger partial charge on any atom is -0.493 e. The summed E-state index contributed by atoms with van der Waals surface area (Å²) in [6.07, 6.45) is 0.754. The maximum absolute atomic E-state index is 12.4. The van der Waals surface area contributed by atoms with Crippen LogP contribution >= 0.6 is 0 Å². The summed E-state index contributed by atoms with van der Waals surface area (Å²) in [5, 5.41) is 2.92. The molecule has 2 rings (SSSR count). The molecule has 8 nitrogen and oxygen atoms in total. The molecule has 0 atom stereocenters. The molecule has 0 aliphatic rings. The predicted octanol–water partition coefficient (Wildman–Crippen LogP) is 2.64.